The summed E-state index contributed by atoms with van der Waals surface area (Å²) in [5, 5.41) is 8.41. The summed E-state index contributed by atoms with van der Waals surface area (Å²) in [6, 6.07) is 7.53. The van der Waals surface area contributed by atoms with Gasteiger partial charge in [0.1, 0.15) is 0 Å². The lowest BCUT2D eigenvalue weighted by atomic mass is 10.2. The zero-order valence-electron chi connectivity index (χ0n) is 9.48. The van der Waals surface area contributed by atoms with Crippen molar-refractivity contribution in [2.24, 2.45) is 0 Å². The standard InChI is InChI=1S/C11H13O6P/c12-10(13)7-4-8-11(14)17-18(15,16)9-5-2-1-3-6-9/h1-3,5-6H,4,7-8H2,(H,12,13)(H,15,16). The van der Waals surface area contributed by atoms with Crippen LogP contribution in [0.3, 0.4) is 0 Å². The molecule has 0 aliphatic carbocycles. The Morgan fingerprint density at radius 2 is 1.78 bits per heavy atom. The molecule has 0 fully saturated rings. The third-order valence-corrected chi connectivity index (χ3v) is 3.48. The van der Waals surface area contributed by atoms with Gasteiger partial charge in [-0.1, -0.05) is 18.2 Å². The van der Waals surface area contributed by atoms with Crippen molar-refractivity contribution in [3.05, 3.63) is 30.3 Å². The Morgan fingerprint density at radius 3 is 2.33 bits per heavy atom. The van der Waals surface area contributed by atoms with Crippen LogP contribution in [-0.2, 0) is 18.7 Å². The lowest BCUT2D eigenvalue weighted by Crippen LogP contribution is -2.11. The van der Waals surface area contributed by atoms with E-state index < -0.39 is 19.5 Å². The Morgan fingerprint density at radius 1 is 1.17 bits per heavy atom. The fraction of sp³-hybridized carbons (Fsp3) is 0.273. The Balaban J connectivity index is 2.53. The van der Waals surface area contributed by atoms with E-state index in [0.717, 1.165) is 0 Å². The highest BCUT2D eigenvalue weighted by Gasteiger charge is 2.26. The monoisotopic (exact) mass is 272 g/mol. The fourth-order valence-electron chi connectivity index (χ4n) is 1.24. The van der Waals surface area contributed by atoms with Crippen LogP contribution in [0, 0.1) is 0 Å². The summed E-state index contributed by atoms with van der Waals surface area (Å²) >= 11 is 0. The van der Waals surface area contributed by atoms with Crippen LogP contribution in [0.5, 0.6) is 0 Å². The van der Waals surface area contributed by atoms with Gasteiger partial charge in [-0.25, -0.2) is 4.57 Å². The quantitative estimate of drug-likeness (QED) is 0.757. The average molecular weight is 272 g/mol. The predicted octanol–water partition coefficient (Wildman–Crippen LogP) is 1.30. The SMILES string of the molecule is O=C(O)CCCC(=O)OP(=O)(O)c1ccccc1. The molecule has 0 saturated heterocycles. The van der Waals surface area contributed by atoms with Gasteiger partial charge in [-0.15, -0.1) is 0 Å². The minimum absolute atomic E-state index is 0.0246. The van der Waals surface area contributed by atoms with Crippen molar-refractivity contribution in [1.82, 2.24) is 0 Å². The van der Waals surface area contributed by atoms with E-state index >= 15 is 0 Å². The van der Waals surface area contributed by atoms with Gasteiger partial charge >= 0.3 is 19.5 Å². The van der Waals surface area contributed by atoms with Crippen LogP contribution in [0.2, 0.25) is 0 Å². The highest BCUT2D eigenvalue weighted by Crippen LogP contribution is 2.40. The van der Waals surface area contributed by atoms with Gasteiger partial charge in [-0.05, 0) is 18.6 Å². The van der Waals surface area contributed by atoms with Gasteiger partial charge in [0.2, 0.25) is 0 Å². The van der Waals surface area contributed by atoms with E-state index in [9.17, 15) is 19.0 Å². The largest absolute Gasteiger partial charge is 0.481 e. The molecular formula is C11H13O6P. The molecule has 0 aromatic heterocycles. The molecule has 1 atom stereocenters. The molecule has 1 rings (SSSR count). The molecular weight excluding hydrogens is 259 g/mol. The number of benzene rings is 1. The Bertz CT molecular complexity index is 470. The number of hydrogen-bond acceptors (Lipinski definition) is 4. The zero-order chi connectivity index (χ0) is 13.6. The second-order valence-corrected chi connectivity index (χ2v) is 5.31. The maximum Gasteiger partial charge on any atom is 0.410 e. The minimum atomic E-state index is -4.16. The lowest BCUT2D eigenvalue weighted by Gasteiger charge is -2.11. The molecule has 0 radical (unpaired) electrons. The van der Waals surface area contributed by atoms with Gasteiger partial charge in [-0.2, -0.15) is 0 Å². The van der Waals surface area contributed by atoms with Crippen molar-refractivity contribution in [1.29, 1.82) is 0 Å². The highest BCUT2D eigenvalue weighted by atomic mass is 31.2. The Kier molecular flexibility index (Phi) is 5.07. The summed E-state index contributed by atoms with van der Waals surface area (Å²) < 4.78 is 16.2. The van der Waals surface area contributed by atoms with E-state index in [4.69, 9.17) is 5.11 Å². The van der Waals surface area contributed by atoms with Crippen LogP contribution in [0.1, 0.15) is 19.3 Å². The third-order valence-electron chi connectivity index (χ3n) is 2.08. The molecule has 0 saturated carbocycles. The maximum atomic E-state index is 11.7. The van der Waals surface area contributed by atoms with E-state index in [2.05, 4.69) is 4.52 Å². The van der Waals surface area contributed by atoms with Crippen LogP contribution in [-0.4, -0.2) is 21.9 Å². The number of carbonyl (C=O) groups is 2. The van der Waals surface area contributed by atoms with Crippen LogP contribution in [0.4, 0.5) is 0 Å². The molecule has 0 bridgehead atoms. The van der Waals surface area contributed by atoms with Gasteiger partial charge in [0.15, 0.2) is 0 Å². The second-order valence-electron chi connectivity index (χ2n) is 3.57. The van der Waals surface area contributed by atoms with E-state index in [1.54, 1.807) is 18.2 Å². The molecule has 0 aliphatic heterocycles. The topological polar surface area (TPSA) is 101 Å². The van der Waals surface area contributed by atoms with Crippen molar-refractivity contribution in [3.8, 4) is 0 Å². The first-order chi connectivity index (χ1) is 8.42. The third kappa shape index (κ3) is 4.69. The fourth-order valence-corrected chi connectivity index (χ4v) is 2.26. The lowest BCUT2D eigenvalue weighted by molar-refractivity contribution is -0.137. The van der Waals surface area contributed by atoms with Crippen LogP contribution in [0.25, 0.3) is 0 Å². The summed E-state index contributed by atoms with van der Waals surface area (Å²) in [4.78, 5) is 31.1. The molecule has 7 heteroatoms. The summed E-state index contributed by atoms with van der Waals surface area (Å²) in [6.45, 7) is 0. The number of carbonyl (C=O) groups excluding carboxylic acids is 1. The molecule has 1 unspecified atom stereocenters. The van der Waals surface area contributed by atoms with Crippen molar-refractivity contribution >= 4 is 24.8 Å². The maximum absolute atomic E-state index is 11.7. The number of carboxylic acid groups (broad SMARTS) is 1. The molecule has 0 amide bonds. The number of rotatable bonds is 6. The first-order valence-electron chi connectivity index (χ1n) is 5.24. The zero-order valence-corrected chi connectivity index (χ0v) is 10.4. The van der Waals surface area contributed by atoms with Crippen LogP contribution >= 0.6 is 7.60 Å². The molecule has 0 spiro atoms. The molecule has 6 nitrogen and oxygen atoms in total. The highest BCUT2D eigenvalue weighted by molar-refractivity contribution is 7.61. The summed E-state index contributed by atoms with van der Waals surface area (Å²) in [5.41, 5.74) is 0. The number of aliphatic carboxylic acids is 1. The molecule has 1 aromatic carbocycles. The Hall–Kier alpha value is -1.65. The van der Waals surface area contributed by atoms with E-state index in [-0.39, 0.29) is 24.6 Å². The van der Waals surface area contributed by atoms with Gasteiger partial charge in [0.25, 0.3) is 0 Å². The van der Waals surface area contributed by atoms with Gasteiger partial charge in [-0.3, -0.25) is 9.59 Å². The number of hydrogen-bond donors (Lipinski definition) is 2. The average Bonchev–Trinajstić information content (AvgIpc) is 2.29. The number of carboxylic acids is 1. The molecule has 0 heterocycles. The molecule has 98 valence electrons. The predicted molar refractivity (Wildman–Crippen MR) is 63.5 cm³/mol. The second kappa shape index (κ2) is 6.33. The summed E-state index contributed by atoms with van der Waals surface area (Å²) in [5.74, 6) is -1.91. The van der Waals surface area contributed by atoms with Crippen LogP contribution < -0.4 is 5.30 Å². The van der Waals surface area contributed by atoms with E-state index in [1.165, 1.54) is 12.1 Å². The van der Waals surface area contributed by atoms with E-state index in [1.807, 2.05) is 0 Å². The van der Waals surface area contributed by atoms with Crippen LogP contribution in [0.15, 0.2) is 30.3 Å². The van der Waals surface area contributed by atoms with Gasteiger partial charge in [0, 0.05) is 12.8 Å². The van der Waals surface area contributed by atoms with Crippen molar-refractivity contribution < 1.29 is 28.7 Å². The molecule has 18 heavy (non-hydrogen) atoms. The van der Waals surface area contributed by atoms with Gasteiger partial charge < -0.3 is 14.5 Å². The van der Waals surface area contributed by atoms with Crippen molar-refractivity contribution in [2.75, 3.05) is 0 Å². The first kappa shape index (κ1) is 14.4. The summed E-state index contributed by atoms with van der Waals surface area (Å²) in [6.07, 6.45) is -0.317. The molecule has 0 aliphatic rings. The van der Waals surface area contributed by atoms with Crippen molar-refractivity contribution in [2.45, 2.75) is 19.3 Å². The molecule has 2 N–H and O–H groups in total. The smallest absolute Gasteiger partial charge is 0.410 e. The minimum Gasteiger partial charge on any atom is -0.481 e. The first-order valence-corrected chi connectivity index (χ1v) is 6.82. The Labute approximate surface area is 104 Å². The summed E-state index contributed by atoms with van der Waals surface area (Å²) in [7, 11) is -4.16. The van der Waals surface area contributed by atoms with Gasteiger partial charge in [0.05, 0.1) is 5.30 Å². The van der Waals surface area contributed by atoms with Crippen molar-refractivity contribution in [3.63, 3.8) is 0 Å². The van der Waals surface area contributed by atoms with E-state index in [0.29, 0.717) is 0 Å². The molecule has 1 aromatic rings. The normalized spacial score (nSPS) is 13.6.